The first-order valence-corrected chi connectivity index (χ1v) is 11.8. The van der Waals surface area contributed by atoms with Crippen LogP contribution in [0.15, 0.2) is 29.3 Å². The fourth-order valence-corrected chi connectivity index (χ4v) is 4.48. The second-order valence-corrected chi connectivity index (χ2v) is 8.80. The SMILES string of the molecule is CCNC(=NCC1CCN(CCOC)CC1)N1CCN(Cc2cccc(Cl)c2)CC1.I. The maximum atomic E-state index is 6.13. The van der Waals surface area contributed by atoms with Gasteiger partial charge in [-0.15, -0.1) is 24.0 Å². The van der Waals surface area contributed by atoms with E-state index in [0.29, 0.717) is 5.92 Å². The van der Waals surface area contributed by atoms with Crippen molar-refractivity contribution in [3.63, 3.8) is 0 Å². The Hall–Kier alpha value is -0.610. The highest BCUT2D eigenvalue weighted by molar-refractivity contribution is 14.0. The van der Waals surface area contributed by atoms with Crippen molar-refractivity contribution in [2.24, 2.45) is 10.9 Å². The fourth-order valence-electron chi connectivity index (χ4n) is 4.27. The van der Waals surface area contributed by atoms with E-state index >= 15 is 0 Å². The van der Waals surface area contributed by atoms with Gasteiger partial charge in [-0.3, -0.25) is 9.89 Å². The topological polar surface area (TPSA) is 43.3 Å². The molecule has 0 amide bonds. The van der Waals surface area contributed by atoms with Crippen molar-refractivity contribution < 1.29 is 4.74 Å². The van der Waals surface area contributed by atoms with Gasteiger partial charge >= 0.3 is 0 Å². The molecule has 1 aromatic carbocycles. The number of likely N-dealkylation sites (tertiary alicyclic amines) is 1. The van der Waals surface area contributed by atoms with E-state index < -0.39 is 0 Å². The minimum Gasteiger partial charge on any atom is -0.383 e. The van der Waals surface area contributed by atoms with Gasteiger partial charge in [-0.1, -0.05) is 23.7 Å². The summed E-state index contributed by atoms with van der Waals surface area (Å²) in [5.41, 5.74) is 1.29. The maximum absolute atomic E-state index is 6.13. The van der Waals surface area contributed by atoms with E-state index in [2.05, 4.69) is 39.1 Å². The number of piperidine rings is 1. The summed E-state index contributed by atoms with van der Waals surface area (Å²) in [4.78, 5) is 12.5. The lowest BCUT2D eigenvalue weighted by atomic mass is 9.97. The number of nitrogens with one attached hydrogen (secondary N) is 1. The average molecular weight is 564 g/mol. The zero-order valence-corrected chi connectivity index (χ0v) is 22.1. The van der Waals surface area contributed by atoms with E-state index in [4.69, 9.17) is 21.3 Å². The van der Waals surface area contributed by atoms with E-state index in [0.717, 1.165) is 69.9 Å². The molecule has 1 N–H and O–H groups in total. The van der Waals surface area contributed by atoms with Crippen molar-refractivity contribution in [3.8, 4) is 0 Å². The van der Waals surface area contributed by atoms with E-state index in [-0.39, 0.29) is 24.0 Å². The van der Waals surface area contributed by atoms with Gasteiger partial charge in [0.25, 0.3) is 0 Å². The molecule has 0 spiro atoms. The number of rotatable bonds is 8. The zero-order chi connectivity index (χ0) is 21.2. The molecule has 31 heavy (non-hydrogen) atoms. The summed E-state index contributed by atoms with van der Waals surface area (Å²) in [5.74, 6) is 1.78. The number of piperazine rings is 1. The molecule has 8 heteroatoms. The predicted molar refractivity (Wildman–Crippen MR) is 141 cm³/mol. The molecule has 6 nitrogen and oxygen atoms in total. The van der Waals surface area contributed by atoms with Crippen LogP contribution in [0, 0.1) is 5.92 Å². The Morgan fingerprint density at radius 1 is 1.13 bits per heavy atom. The monoisotopic (exact) mass is 563 g/mol. The molecule has 0 saturated carbocycles. The van der Waals surface area contributed by atoms with Crippen molar-refractivity contribution in [2.75, 3.05) is 72.6 Å². The second kappa shape index (κ2) is 14.5. The summed E-state index contributed by atoms with van der Waals surface area (Å²) in [5, 5.41) is 4.33. The molecule has 2 saturated heterocycles. The smallest absolute Gasteiger partial charge is 0.194 e. The normalized spacial score (nSPS) is 19.3. The van der Waals surface area contributed by atoms with Gasteiger partial charge in [0.15, 0.2) is 5.96 Å². The van der Waals surface area contributed by atoms with Crippen LogP contribution >= 0.6 is 35.6 Å². The average Bonchev–Trinajstić information content (AvgIpc) is 2.76. The van der Waals surface area contributed by atoms with Gasteiger partial charge in [-0.25, -0.2) is 0 Å². The van der Waals surface area contributed by atoms with Crippen molar-refractivity contribution >= 4 is 41.5 Å². The minimum absolute atomic E-state index is 0. The van der Waals surface area contributed by atoms with Crippen LogP contribution in [-0.2, 0) is 11.3 Å². The number of hydrogen-bond acceptors (Lipinski definition) is 4. The Morgan fingerprint density at radius 3 is 2.52 bits per heavy atom. The molecule has 0 atom stereocenters. The quantitative estimate of drug-likeness (QED) is 0.298. The highest BCUT2D eigenvalue weighted by atomic mass is 127. The van der Waals surface area contributed by atoms with Crippen LogP contribution < -0.4 is 5.32 Å². The van der Waals surface area contributed by atoms with Crippen LogP contribution in [0.3, 0.4) is 0 Å². The van der Waals surface area contributed by atoms with Crippen LogP contribution in [0.5, 0.6) is 0 Å². The molecule has 176 valence electrons. The van der Waals surface area contributed by atoms with Crippen molar-refractivity contribution in [1.82, 2.24) is 20.0 Å². The molecule has 2 aliphatic rings. The number of guanidine groups is 1. The van der Waals surface area contributed by atoms with Crippen molar-refractivity contribution in [1.29, 1.82) is 0 Å². The van der Waals surface area contributed by atoms with E-state index in [1.165, 1.54) is 31.5 Å². The summed E-state index contributed by atoms with van der Waals surface area (Å²) in [7, 11) is 1.78. The molecular weight excluding hydrogens is 525 g/mol. The number of methoxy groups -OCH3 is 1. The van der Waals surface area contributed by atoms with Crippen molar-refractivity contribution in [2.45, 2.75) is 26.3 Å². The number of nitrogens with zero attached hydrogens (tertiary/aromatic N) is 4. The molecule has 2 aliphatic heterocycles. The molecule has 2 fully saturated rings. The molecule has 0 aromatic heterocycles. The molecular formula is C23H39ClIN5O. The first-order valence-electron chi connectivity index (χ1n) is 11.4. The summed E-state index contributed by atoms with van der Waals surface area (Å²) >= 11 is 6.13. The molecule has 3 rings (SSSR count). The molecule has 0 unspecified atom stereocenters. The van der Waals surface area contributed by atoms with Gasteiger partial charge in [-0.05, 0) is 56.5 Å². The zero-order valence-electron chi connectivity index (χ0n) is 19.1. The first kappa shape index (κ1) is 26.6. The van der Waals surface area contributed by atoms with Crippen LogP contribution in [0.25, 0.3) is 0 Å². The van der Waals surface area contributed by atoms with Crippen LogP contribution in [0.4, 0.5) is 0 Å². The second-order valence-electron chi connectivity index (χ2n) is 8.37. The minimum atomic E-state index is 0. The summed E-state index contributed by atoms with van der Waals surface area (Å²) in [6.07, 6.45) is 2.47. The van der Waals surface area contributed by atoms with Gasteiger partial charge < -0.3 is 19.9 Å². The predicted octanol–water partition coefficient (Wildman–Crippen LogP) is 3.40. The highest BCUT2D eigenvalue weighted by Gasteiger charge is 2.22. The molecule has 0 radical (unpaired) electrons. The molecule has 2 heterocycles. The van der Waals surface area contributed by atoms with Crippen molar-refractivity contribution in [3.05, 3.63) is 34.9 Å². The molecule has 1 aromatic rings. The van der Waals surface area contributed by atoms with Gasteiger partial charge in [0.2, 0.25) is 0 Å². The lowest BCUT2D eigenvalue weighted by Crippen LogP contribution is -2.52. The van der Waals surface area contributed by atoms with E-state index in [9.17, 15) is 0 Å². The molecule has 0 bridgehead atoms. The van der Waals surface area contributed by atoms with E-state index in [1.807, 2.05) is 12.1 Å². The van der Waals surface area contributed by atoms with Crippen LogP contribution in [0.2, 0.25) is 5.02 Å². The largest absolute Gasteiger partial charge is 0.383 e. The lowest BCUT2D eigenvalue weighted by Gasteiger charge is -2.37. The Balaban J connectivity index is 0.00000341. The number of halogens is 2. The van der Waals surface area contributed by atoms with Gasteiger partial charge in [0.1, 0.15) is 0 Å². The number of benzene rings is 1. The van der Waals surface area contributed by atoms with Gasteiger partial charge in [-0.2, -0.15) is 0 Å². The standard InChI is InChI=1S/C23H38ClN5O.HI/c1-3-25-23(26-18-20-7-9-27(10-8-20)15-16-30-2)29-13-11-28(12-14-29)19-21-5-4-6-22(24)17-21;/h4-6,17,20H,3,7-16,18-19H2,1-2H3,(H,25,26);1H. The van der Waals surface area contributed by atoms with Gasteiger partial charge in [0.05, 0.1) is 6.61 Å². The number of aliphatic imine (C=N–C) groups is 1. The summed E-state index contributed by atoms with van der Waals surface area (Å²) in [6, 6.07) is 8.20. The number of ether oxygens (including phenoxy) is 1. The first-order chi connectivity index (χ1) is 14.7. The summed E-state index contributed by atoms with van der Waals surface area (Å²) in [6.45, 7) is 13.3. The molecule has 0 aliphatic carbocycles. The maximum Gasteiger partial charge on any atom is 0.194 e. The highest BCUT2D eigenvalue weighted by Crippen LogP contribution is 2.18. The third kappa shape index (κ3) is 9.04. The Labute approximate surface area is 210 Å². The lowest BCUT2D eigenvalue weighted by molar-refractivity contribution is 0.121. The third-order valence-corrected chi connectivity index (χ3v) is 6.36. The summed E-state index contributed by atoms with van der Waals surface area (Å²) < 4.78 is 5.20. The number of hydrogen-bond donors (Lipinski definition) is 1. The van der Waals surface area contributed by atoms with Crippen LogP contribution in [-0.4, -0.2) is 93.3 Å². The third-order valence-electron chi connectivity index (χ3n) is 6.12. The van der Waals surface area contributed by atoms with E-state index in [1.54, 1.807) is 7.11 Å². The van der Waals surface area contributed by atoms with Gasteiger partial charge in [0, 0.05) is 64.5 Å². The Kier molecular flexibility index (Phi) is 12.5. The Morgan fingerprint density at radius 2 is 1.87 bits per heavy atom. The Bertz CT molecular complexity index is 661. The fraction of sp³-hybridized carbons (Fsp3) is 0.696. The van der Waals surface area contributed by atoms with Crippen LogP contribution in [0.1, 0.15) is 25.3 Å².